The summed E-state index contributed by atoms with van der Waals surface area (Å²) in [6.45, 7) is 2.43. The zero-order valence-electron chi connectivity index (χ0n) is 34.0. The number of anilines is 2. The molecule has 62 heavy (non-hydrogen) atoms. The van der Waals surface area contributed by atoms with Crippen molar-refractivity contribution in [2.45, 2.75) is 70.8 Å². The fourth-order valence-corrected chi connectivity index (χ4v) is 11.3. The van der Waals surface area contributed by atoms with Gasteiger partial charge in [-0.1, -0.05) is 66.2 Å². The van der Waals surface area contributed by atoms with Crippen LogP contribution in [0.1, 0.15) is 48.0 Å². The Hall–Kier alpha value is -4.54. The summed E-state index contributed by atoms with van der Waals surface area (Å²) in [6.07, 6.45) is 5.16. The molecule has 0 aliphatic carbocycles. The summed E-state index contributed by atoms with van der Waals surface area (Å²) in [5.41, 5.74) is -1.68. The number of nitrogens with one attached hydrogen (secondary N) is 2. The summed E-state index contributed by atoms with van der Waals surface area (Å²) in [7, 11) is -8.89. The number of halogens is 4. The number of sulfonamides is 1. The minimum Gasteiger partial charge on any atom is -0.380 e. The maximum atomic E-state index is 14.2. The van der Waals surface area contributed by atoms with Crippen molar-refractivity contribution in [3.8, 4) is 11.1 Å². The van der Waals surface area contributed by atoms with Crippen molar-refractivity contribution in [3.05, 3.63) is 137 Å². The van der Waals surface area contributed by atoms with Crippen LogP contribution in [-0.2, 0) is 26.3 Å². The van der Waals surface area contributed by atoms with E-state index >= 15 is 0 Å². The fourth-order valence-electron chi connectivity index (χ4n) is 8.22. The molecule has 2 aliphatic heterocycles. The Bertz CT molecular complexity index is 2560. The molecule has 0 radical (unpaired) electrons. The van der Waals surface area contributed by atoms with Crippen LogP contribution in [0.3, 0.4) is 0 Å². The highest BCUT2D eigenvalue weighted by Crippen LogP contribution is 2.38. The molecule has 5 aromatic carbocycles. The van der Waals surface area contributed by atoms with Gasteiger partial charge in [0, 0.05) is 52.1 Å². The molecule has 0 unspecified atom stereocenters. The van der Waals surface area contributed by atoms with E-state index in [0.29, 0.717) is 29.2 Å². The van der Waals surface area contributed by atoms with Crippen LogP contribution in [0.25, 0.3) is 11.1 Å². The zero-order valence-corrected chi connectivity index (χ0v) is 37.2. The molecule has 0 saturated carbocycles. The van der Waals surface area contributed by atoms with Gasteiger partial charge >= 0.3 is 5.51 Å². The number of rotatable bonds is 15. The minimum absolute atomic E-state index is 0.00285. The van der Waals surface area contributed by atoms with Crippen LogP contribution < -0.4 is 14.9 Å². The highest BCUT2D eigenvalue weighted by atomic mass is 35.5. The number of sulfone groups is 1. The third kappa shape index (κ3) is 11.0. The lowest BCUT2D eigenvalue weighted by Crippen LogP contribution is -2.35. The first kappa shape index (κ1) is 45.5. The number of likely N-dealkylation sites (tertiary alicyclic amines) is 1. The fraction of sp³-hybridized carbons (Fsp3) is 0.326. The summed E-state index contributed by atoms with van der Waals surface area (Å²) >= 11 is 7.59. The van der Waals surface area contributed by atoms with Gasteiger partial charge in [0.05, 0.1) is 10.6 Å². The van der Waals surface area contributed by atoms with Gasteiger partial charge in [0.2, 0.25) is 0 Å². The maximum absolute atomic E-state index is 14.2. The van der Waals surface area contributed by atoms with Crippen LogP contribution >= 0.6 is 23.4 Å². The van der Waals surface area contributed by atoms with Gasteiger partial charge in [0.25, 0.3) is 25.8 Å². The Morgan fingerprint density at radius 2 is 1.52 bits per heavy atom. The third-order valence-corrected chi connectivity index (χ3v) is 15.9. The molecule has 7 rings (SSSR count). The standard InChI is InChI=1S/C46H48ClF3N4O5S3/c1-53-25-7-9-39(53)29-37(31-60-40-10-3-2-4-11-40)51-43-22-21-41(30-44(43)61(56,57)46(48,49)50)62(58,59)52-45(55)34-15-19-38(20-16-34)54-26-23-32(24-27-54)28-35-8-5-6-12-42(35)33-13-17-36(47)18-14-33/h2-6,8,10-22,30,32,37,39,51H,7,9,23-29,31H2,1H3,(H,52,55)/t37-,39+/m1/s1. The molecular formula is C46H48ClF3N4O5S3. The van der Waals surface area contributed by atoms with E-state index in [0.717, 1.165) is 80.0 Å². The molecule has 2 N–H and O–H groups in total. The van der Waals surface area contributed by atoms with Crippen molar-refractivity contribution in [1.29, 1.82) is 0 Å². The third-order valence-electron chi connectivity index (χ3n) is 11.7. The molecule has 1 amide bonds. The minimum atomic E-state index is -6.04. The number of alkyl halides is 3. The van der Waals surface area contributed by atoms with Crippen LogP contribution in [-0.4, -0.2) is 77.7 Å². The van der Waals surface area contributed by atoms with E-state index in [-0.39, 0.29) is 17.3 Å². The molecule has 5 aromatic rings. The summed E-state index contributed by atoms with van der Waals surface area (Å²) in [5, 5.41) is 3.72. The quantitative estimate of drug-likeness (QED) is 0.0991. The Kier molecular flexibility index (Phi) is 14.3. The number of amides is 1. The molecule has 328 valence electrons. The lowest BCUT2D eigenvalue weighted by Gasteiger charge is -2.34. The van der Waals surface area contributed by atoms with Gasteiger partial charge in [0.15, 0.2) is 0 Å². The normalized spacial score (nSPS) is 17.2. The molecular weight excluding hydrogens is 877 g/mol. The SMILES string of the molecule is CN1CCC[C@H]1C[C@H](CSc1ccccc1)Nc1ccc(S(=O)(=O)NC(=O)c2ccc(N3CCC(Cc4ccccc4-c4ccc(Cl)cc4)CC3)cc2)cc1S(=O)(=O)C(F)(F)F. The average molecular weight is 926 g/mol. The number of nitrogens with zero attached hydrogens (tertiary/aromatic N) is 2. The summed E-state index contributed by atoms with van der Waals surface area (Å²) < 4.78 is 97.5. The van der Waals surface area contributed by atoms with E-state index < -0.39 is 47.1 Å². The van der Waals surface area contributed by atoms with E-state index in [4.69, 9.17) is 11.6 Å². The molecule has 2 atom stereocenters. The number of carbonyl (C=O) groups excluding carboxylic acids is 1. The molecule has 16 heteroatoms. The van der Waals surface area contributed by atoms with E-state index in [1.165, 1.54) is 35.0 Å². The van der Waals surface area contributed by atoms with Crippen molar-refractivity contribution >= 4 is 60.5 Å². The Labute approximate surface area is 371 Å². The summed E-state index contributed by atoms with van der Waals surface area (Å²) in [5.74, 6) is -0.158. The van der Waals surface area contributed by atoms with Crippen molar-refractivity contribution in [2.24, 2.45) is 5.92 Å². The molecule has 0 bridgehead atoms. The number of thioether (sulfide) groups is 1. The molecule has 9 nitrogen and oxygen atoms in total. The molecule has 2 aliphatic rings. The molecule has 2 fully saturated rings. The first-order valence-corrected chi connectivity index (χ1v) is 24.8. The summed E-state index contributed by atoms with van der Waals surface area (Å²) in [6, 6.07) is 34.2. The second-order valence-corrected chi connectivity index (χ2v) is 21.0. The number of hydrogen-bond donors (Lipinski definition) is 2. The molecule has 0 spiro atoms. The van der Waals surface area contributed by atoms with Gasteiger partial charge in [-0.15, -0.1) is 11.8 Å². The lowest BCUT2D eigenvalue weighted by atomic mass is 9.87. The Morgan fingerprint density at radius 1 is 0.839 bits per heavy atom. The van der Waals surface area contributed by atoms with Crippen molar-refractivity contribution in [3.63, 3.8) is 0 Å². The second-order valence-electron chi connectivity index (χ2n) is 15.9. The molecule has 2 saturated heterocycles. The van der Waals surface area contributed by atoms with Crippen LogP contribution in [0.5, 0.6) is 0 Å². The number of benzene rings is 5. The maximum Gasteiger partial charge on any atom is 0.501 e. The van der Waals surface area contributed by atoms with E-state index in [9.17, 15) is 34.8 Å². The molecule has 2 heterocycles. The topological polar surface area (TPSA) is 116 Å². The zero-order chi connectivity index (χ0) is 44.1. The molecule has 0 aromatic heterocycles. The van der Waals surface area contributed by atoms with E-state index in [1.807, 2.05) is 72.4 Å². The van der Waals surface area contributed by atoms with Gasteiger partial charge in [-0.25, -0.2) is 21.6 Å². The number of carbonyl (C=O) groups is 1. The first-order valence-electron chi connectivity index (χ1n) is 20.4. The predicted molar refractivity (Wildman–Crippen MR) is 241 cm³/mol. The van der Waals surface area contributed by atoms with E-state index in [1.54, 1.807) is 12.1 Å². The Morgan fingerprint density at radius 3 is 2.18 bits per heavy atom. The van der Waals surface area contributed by atoms with Crippen LogP contribution in [0.4, 0.5) is 24.5 Å². The van der Waals surface area contributed by atoms with Crippen LogP contribution in [0.2, 0.25) is 5.02 Å². The second kappa shape index (κ2) is 19.5. The van der Waals surface area contributed by atoms with Gasteiger partial charge in [-0.05, 0) is 141 Å². The average Bonchev–Trinajstić information content (AvgIpc) is 3.66. The van der Waals surface area contributed by atoms with Crippen molar-refractivity contribution < 1.29 is 34.8 Å². The van der Waals surface area contributed by atoms with Crippen LogP contribution in [0, 0.1) is 5.92 Å². The van der Waals surface area contributed by atoms with Crippen molar-refractivity contribution in [1.82, 2.24) is 9.62 Å². The van der Waals surface area contributed by atoms with Gasteiger partial charge in [-0.2, -0.15) is 13.2 Å². The number of hydrogen-bond acceptors (Lipinski definition) is 9. The van der Waals surface area contributed by atoms with Gasteiger partial charge in [-0.3, -0.25) is 4.79 Å². The van der Waals surface area contributed by atoms with Gasteiger partial charge in [0.1, 0.15) is 4.90 Å². The highest BCUT2D eigenvalue weighted by Gasteiger charge is 2.48. The number of piperidine rings is 1. The highest BCUT2D eigenvalue weighted by molar-refractivity contribution is 7.99. The van der Waals surface area contributed by atoms with Gasteiger partial charge < -0.3 is 15.1 Å². The largest absolute Gasteiger partial charge is 0.501 e. The van der Waals surface area contributed by atoms with Crippen molar-refractivity contribution in [2.75, 3.05) is 42.7 Å². The monoisotopic (exact) mass is 924 g/mol. The smallest absolute Gasteiger partial charge is 0.380 e. The first-order chi connectivity index (χ1) is 29.6. The van der Waals surface area contributed by atoms with E-state index in [2.05, 4.69) is 33.3 Å². The predicted octanol–water partition coefficient (Wildman–Crippen LogP) is 9.94. The Balaban J connectivity index is 1.02. The summed E-state index contributed by atoms with van der Waals surface area (Å²) in [4.78, 5) is 16.5. The van der Waals surface area contributed by atoms with Crippen LogP contribution in [0.15, 0.2) is 136 Å². The lowest BCUT2D eigenvalue weighted by molar-refractivity contribution is -0.0435.